The minimum Gasteiger partial charge on any atom is -0.457 e. The molecule has 0 spiro atoms. The number of hydrogen-bond donors (Lipinski definition) is 3. The van der Waals surface area contributed by atoms with E-state index in [9.17, 15) is 13.6 Å². The van der Waals surface area contributed by atoms with Crippen LogP contribution in [0.4, 0.5) is 30.8 Å². The maximum Gasteiger partial charge on any atom is 0.323 e. The molecule has 3 aromatic carbocycles. The standard InChI is InChI=1S/C25H21ClF2N6O2/c26-18-4-1-15(11-19(18)27)31-25(35)33-21-5-2-16(12-20(21)28)36-17-3-6-22-23(13-17)32-24(14-30-22)34-9-7-29-8-10-34/h1-6,11-14,29H,7-10H2,(H2,31,33,35). The average molecular weight is 511 g/mol. The van der Waals surface area contributed by atoms with E-state index in [0.29, 0.717) is 11.3 Å². The second-order valence-corrected chi connectivity index (χ2v) is 8.47. The third-order valence-corrected chi connectivity index (χ3v) is 5.85. The third kappa shape index (κ3) is 5.45. The lowest BCUT2D eigenvalue weighted by molar-refractivity contribution is 0.262. The number of benzene rings is 3. The van der Waals surface area contributed by atoms with Crippen molar-refractivity contribution in [3.63, 3.8) is 0 Å². The summed E-state index contributed by atoms with van der Waals surface area (Å²) in [6, 6.07) is 12.4. The van der Waals surface area contributed by atoms with Crippen LogP contribution >= 0.6 is 11.6 Å². The predicted octanol–water partition coefficient (Wildman–Crippen LogP) is 5.41. The highest BCUT2D eigenvalue weighted by molar-refractivity contribution is 6.30. The number of nitrogens with zero attached hydrogens (tertiary/aromatic N) is 3. The summed E-state index contributed by atoms with van der Waals surface area (Å²) in [7, 11) is 0. The van der Waals surface area contributed by atoms with E-state index in [4.69, 9.17) is 21.3 Å². The Labute approximate surface area is 210 Å². The van der Waals surface area contributed by atoms with Crippen LogP contribution in [-0.2, 0) is 0 Å². The zero-order chi connectivity index (χ0) is 25.1. The van der Waals surface area contributed by atoms with Gasteiger partial charge < -0.3 is 25.6 Å². The molecule has 1 aromatic heterocycles. The number of hydrogen-bond acceptors (Lipinski definition) is 6. The Hall–Kier alpha value is -4.02. The quantitative estimate of drug-likeness (QED) is 0.333. The van der Waals surface area contributed by atoms with Crippen molar-refractivity contribution in [2.45, 2.75) is 0 Å². The lowest BCUT2D eigenvalue weighted by Gasteiger charge is -2.28. The minimum absolute atomic E-state index is 0.0685. The first-order chi connectivity index (χ1) is 17.4. The van der Waals surface area contributed by atoms with Gasteiger partial charge in [-0.2, -0.15) is 0 Å². The molecule has 1 saturated heterocycles. The van der Waals surface area contributed by atoms with Gasteiger partial charge >= 0.3 is 6.03 Å². The molecule has 2 heterocycles. The van der Waals surface area contributed by atoms with Gasteiger partial charge in [-0.25, -0.2) is 18.6 Å². The molecule has 0 bridgehead atoms. The van der Waals surface area contributed by atoms with E-state index in [1.165, 1.54) is 24.3 Å². The maximum atomic E-state index is 14.6. The molecule has 0 saturated carbocycles. The van der Waals surface area contributed by atoms with Crippen molar-refractivity contribution >= 4 is 45.9 Å². The van der Waals surface area contributed by atoms with Gasteiger partial charge in [0.25, 0.3) is 0 Å². The van der Waals surface area contributed by atoms with Crippen LogP contribution in [0, 0.1) is 11.6 Å². The van der Waals surface area contributed by atoms with Gasteiger partial charge in [0.15, 0.2) is 0 Å². The van der Waals surface area contributed by atoms with Crippen LogP contribution in [0.25, 0.3) is 11.0 Å². The van der Waals surface area contributed by atoms with Crippen molar-refractivity contribution in [2.24, 2.45) is 0 Å². The first kappa shape index (κ1) is 23.7. The topological polar surface area (TPSA) is 91.4 Å². The minimum atomic E-state index is -0.738. The van der Waals surface area contributed by atoms with Gasteiger partial charge in [-0.15, -0.1) is 0 Å². The SMILES string of the molecule is O=C(Nc1ccc(Cl)c(F)c1)Nc1ccc(Oc2ccc3ncc(N4CCNCC4)nc3c2)cc1F. The summed E-state index contributed by atoms with van der Waals surface area (Å²) in [5.74, 6) is 0.122. The first-order valence-electron chi connectivity index (χ1n) is 11.2. The lowest BCUT2D eigenvalue weighted by atomic mass is 10.2. The van der Waals surface area contributed by atoms with Crippen molar-refractivity contribution in [3.8, 4) is 11.5 Å². The highest BCUT2D eigenvalue weighted by Crippen LogP contribution is 2.28. The van der Waals surface area contributed by atoms with E-state index in [1.807, 2.05) is 0 Å². The van der Waals surface area contributed by atoms with Gasteiger partial charge in [0.05, 0.1) is 27.9 Å². The highest BCUT2D eigenvalue weighted by Gasteiger charge is 2.14. The highest BCUT2D eigenvalue weighted by atomic mass is 35.5. The zero-order valence-electron chi connectivity index (χ0n) is 18.9. The molecule has 1 aliphatic heterocycles. The Kier molecular flexibility index (Phi) is 6.79. The molecule has 0 aliphatic carbocycles. The van der Waals surface area contributed by atoms with Gasteiger partial charge in [0.2, 0.25) is 0 Å². The number of ether oxygens (including phenoxy) is 1. The Morgan fingerprint density at radius 1 is 0.944 bits per heavy atom. The molecule has 8 nitrogen and oxygen atoms in total. The summed E-state index contributed by atoms with van der Waals surface area (Å²) in [4.78, 5) is 23.5. The molecular formula is C25H21ClF2N6O2. The normalized spacial score (nSPS) is 13.5. The molecule has 1 fully saturated rings. The van der Waals surface area contributed by atoms with Gasteiger partial charge in [-0.3, -0.25) is 4.98 Å². The molecule has 1 aliphatic rings. The molecule has 0 radical (unpaired) electrons. The fourth-order valence-electron chi connectivity index (χ4n) is 3.75. The Morgan fingerprint density at radius 2 is 1.72 bits per heavy atom. The predicted molar refractivity (Wildman–Crippen MR) is 135 cm³/mol. The summed E-state index contributed by atoms with van der Waals surface area (Å²) >= 11 is 5.63. The van der Waals surface area contributed by atoms with E-state index in [2.05, 4.69) is 25.8 Å². The van der Waals surface area contributed by atoms with Gasteiger partial charge in [-0.1, -0.05) is 11.6 Å². The Morgan fingerprint density at radius 3 is 2.50 bits per heavy atom. The molecule has 4 aromatic rings. The third-order valence-electron chi connectivity index (χ3n) is 5.54. The molecule has 3 N–H and O–H groups in total. The van der Waals surface area contributed by atoms with Crippen molar-refractivity contribution in [1.29, 1.82) is 0 Å². The smallest absolute Gasteiger partial charge is 0.323 e. The number of urea groups is 1. The largest absolute Gasteiger partial charge is 0.457 e. The molecule has 184 valence electrons. The summed E-state index contributed by atoms with van der Waals surface area (Å²) < 4.78 is 34.0. The van der Waals surface area contributed by atoms with Crippen LogP contribution in [0.3, 0.4) is 0 Å². The lowest BCUT2D eigenvalue weighted by Crippen LogP contribution is -2.43. The Bertz CT molecular complexity index is 1430. The fraction of sp³-hybridized carbons (Fsp3) is 0.160. The van der Waals surface area contributed by atoms with E-state index in [-0.39, 0.29) is 22.1 Å². The van der Waals surface area contributed by atoms with Crippen LogP contribution in [0.5, 0.6) is 11.5 Å². The summed E-state index contributed by atoms with van der Waals surface area (Å²) in [6.07, 6.45) is 1.76. The molecular weight excluding hydrogens is 490 g/mol. The van der Waals surface area contributed by atoms with Crippen molar-refractivity contribution in [1.82, 2.24) is 15.3 Å². The maximum absolute atomic E-state index is 14.6. The summed E-state index contributed by atoms with van der Waals surface area (Å²) in [6.45, 7) is 3.48. The number of nitrogens with one attached hydrogen (secondary N) is 3. The van der Waals surface area contributed by atoms with E-state index in [1.54, 1.807) is 24.4 Å². The van der Waals surface area contributed by atoms with E-state index >= 15 is 0 Å². The number of amides is 2. The van der Waals surface area contributed by atoms with E-state index < -0.39 is 17.7 Å². The first-order valence-corrected chi connectivity index (χ1v) is 11.6. The Balaban J connectivity index is 1.27. The second-order valence-electron chi connectivity index (χ2n) is 8.07. The van der Waals surface area contributed by atoms with E-state index in [0.717, 1.165) is 49.6 Å². The number of aromatic nitrogens is 2. The van der Waals surface area contributed by atoms with Crippen LogP contribution in [-0.4, -0.2) is 42.2 Å². The molecule has 11 heteroatoms. The van der Waals surface area contributed by atoms with Crippen molar-refractivity contribution in [2.75, 3.05) is 41.7 Å². The number of carbonyl (C=O) groups excluding carboxylic acids is 1. The number of halogens is 3. The molecule has 36 heavy (non-hydrogen) atoms. The summed E-state index contributed by atoms with van der Waals surface area (Å²) in [5.41, 5.74) is 1.49. The number of rotatable bonds is 5. The van der Waals surface area contributed by atoms with Crippen molar-refractivity contribution < 1.29 is 18.3 Å². The number of anilines is 3. The zero-order valence-corrected chi connectivity index (χ0v) is 19.6. The molecule has 2 amide bonds. The monoisotopic (exact) mass is 510 g/mol. The molecule has 0 atom stereocenters. The average Bonchev–Trinajstić information content (AvgIpc) is 2.88. The van der Waals surface area contributed by atoms with Crippen LogP contribution in [0.2, 0.25) is 5.02 Å². The number of fused-ring (bicyclic) bond motifs is 1. The van der Waals surface area contributed by atoms with Gasteiger partial charge in [-0.05, 0) is 42.5 Å². The second kappa shape index (κ2) is 10.3. The van der Waals surface area contributed by atoms with Crippen LogP contribution in [0.1, 0.15) is 0 Å². The summed E-state index contributed by atoms with van der Waals surface area (Å²) in [5, 5.41) is 8.04. The van der Waals surface area contributed by atoms with Gasteiger partial charge in [0.1, 0.15) is 29.0 Å². The van der Waals surface area contributed by atoms with Crippen molar-refractivity contribution in [3.05, 3.63) is 77.5 Å². The fourth-order valence-corrected chi connectivity index (χ4v) is 3.86. The molecule has 0 unspecified atom stereocenters. The molecule has 5 rings (SSSR count). The van der Waals surface area contributed by atoms with Crippen LogP contribution in [0.15, 0.2) is 60.8 Å². The van der Waals surface area contributed by atoms with Crippen LogP contribution < -0.4 is 25.6 Å². The number of piperazine rings is 1. The van der Waals surface area contributed by atoms with Gasteiger partial charge in [0, 0.05) is 44.0 Å². The number of carbonyl (C=O) groups is 1.